The predicted octanol–water partition coefficient (Wildman–Crippen LogP) is 1.16. The SMILES string of the molecule is CC.CC(=O)COCC(=O)NCCOC(C)C. The van der Waals surface area contributed by atoms with Gasteiger partial charge in [-0.05, 0) is 20.8 Å². The summed E-state index contributed by atoms with van der Waals surface area (Å²) in [5.41, 5.74) is 0. The monoisotopic (exact) mass is 247 g/mol. The van der Waals surface area contributed by atoms with Gasteiger partial charge in [-0.25, -0.2) is 0 Å². The Morgan fingerprint density at radius 1 is 1.18 bits per heavy atom. The number of hydrogen-bond donors (Lipinski definition) is 1. The van der Waals surface area contributed by atoms with Gasteiger partial charge in [0.2, 0.25) is 5.91 Å². The summed E-state index contributed by atoms with van der Waals surface area (Å²) in [5, 5.41) is 2.61. The molecule has 0 unspecified atom stereocenters. The molecule has 0 aliphatic heterocycles. The van der Waals surface area contributed by atoms with Gasteiger partial charge in [0.05, 0.1) is 12.7 Å². The van der Waals surface area contributed by atoms with Crippen LogP contribution in [0.3, 0.4) is 0 Å². The van der Waals surface area contributed by atoms with E-state index in [0.717, 1.165) is 0 Å². The molecule has 0 spiro atoms. The van der Waals surface area contributed by atoms with Gasteiger partial charge in [-0.3, -0.25) is 9.59 Å². The fourth-order valence-corrected chi connectivity index (χ4v) is 0.824. The number of Topliss-reactive ketones (excluding diaryl/α,β-unsaturated/α-hetero) is 1. The fourth-order valence-electron chi connectivity index (χ4n) is 0.824. The topological polar surface area (TPSA) is 64.6 Å². The number of amides is 1. The van der Waals surface area contributed by atoms with E-state index in [4.69, 9.17) is 9.47 Å². The van der Waals surface area contributed by atoms with Gasteiger partial charge in [0.1, 0.15) is 13.2 Å². The van der Waals surface area contributed by atoms with Crippen LogP contribution in [0, 0.1) is 0 Å². The maximum atomic E-state index is 11.1. The molecule has 0 aromatic carbocycles. The van der Waals surface area contributed by atoms with Crippen molar-refractivity contribution in [2.45, 2.75) is 40.7 Å². The van der Waals surface area contributed by atoms with Gasteiger partial charge in [0.15, 0.2) is 5.78 Å². The average molecular weight is 247 g/mol. The van der Waals surface area contributed by atoms with Crippen LogP contribution in [0.1, 0.15) is 34.6 Å². The highest BCUT2D eigenvalue weighted by atomic mass is 16.5. The first-order valence-electron chi connectivity index (χ1n) is 5.98. The lowest BCUT2D eigenvalue weighted by Gasteiger charge is -2.08. The minimum Gasteiger partial charge on any atom is -0.377 e. The molecule has 1 N–H and O–H groups in total. The van der Waals surface area contributed by atoms with Crippen LogP contribution >= 0.6 is 0 Å². The van der Waals surface area contributed by atoms with Gasteiger partial charge in [-0.15, -0.1) is 0 Å². The number of nitrogens with one attached hydrogen (secondary N) is 1. The lowest BCUT2D eigenvalue weighted by atomic mass is 10.5. The third-order valence-electron chi connectivity index (χ3n) is 1.41. The van der Waals surface area contributed by atoms with Crippen LogP contribution in [0.15, 0.2) is 0 Å². The molecule has 5 heteroatoms. The molecule has 0 aromatic rings. The summed E-state index contributed by atoms with van der Waals surface area (Å²) in [5.74, 6) is -0.324. The first-order valence-corrected chi connectivity index (χ1v) is 5.98. The molecule has 0 fully saturated rings. The lowest BCUT2D eigenvalue weighted by Crippen LogP contribution is -2.31. The summed E-state index contributed by atoms with van der Waals surface area (Å²) in [6.45, 7) is 10.1. The number of ether oxygens (including phenoxy) is 2. The second-order valence-corrected chi connectivity index (χ2v) is 3.46. The lowest BCUT2D eigenvalue weighted by molar-refractivity contribution is -0.129. The molecule has 0 aliphatic carbocycles. The van der Waals surface area contributed by atoms with E-state index in [2.05, 4.69) is 5.32 Å². The van der Waals surface area contributed by atoms with E-state index >= 15 is 0 Å². The molecule has 17 heavy (non-hydrogen) atoms. The molecule has 0 bridgehead atoms. The summed E-state index contributed by atoms with van der Waals surface area (Å²) in [6.07, 6.45) is 0.163. The number of hydrogen-bond acceptors (Lipinski definition) is 4. The zero-order valence-corrected chi connectivity index (χ0v) is 11.5. The maximum Gasteiger partial charge on any atom is 0.246 e. The van der Waals surface area contributed by atoms with Gasteiger partial charge in [-0.2, -0.15) is 0 Å². The minimum absolute atomic E-state index is 0.0179. The van der Waals surface area contributed by atoms with Crippen LogP contribution in [0.4, 0.5) is 0 Å². The Morgan fingerprint density at radius 2 is 1.76 bits per heavy atom. The Labute approximate surface area is 104 Å². The molecule has 0 rings (SSSR count). The van der Waals surface area contributed by atoms with Crippen LogP contribution in [0.25, 0.3) is 0 Å². The number of carbonyl (C=O) groups excluding carboxylic acids is 2. The van der Waals surface area contributed by atoms with Crippen molar-refractivity contribution in [3.05, 3.63) is 0 Å². The molecular formula is C12H25NO4. The van der Waals surface area contributed by atoms with Crippen LogP contribution in [-0.4, -0.2) is 44.2 Å². The summed E-state index contributed by atoms with van der Waals surface area (Å²) in [6, 6.07) is 0. The van der Waals surface area contributed by atoms with Crippen molar-refractivity contribution in [3.63, 3.8) is 0 Å². The molecule has 0 aliphatic rings. The average Bonchev–Trinajstić information content (AvgIpc) is 2.26. The number of ketones is 1. The van der Waals surface area contributed by atoms with Crippen molar-refractivity contribution in [3.8, 4) is 0 Å². The van der Waals surface area contributed by atoms with Crippen LogP contribution < -0.4 is 5.32 Å². The second kappa shape index (κ2) is 13.1. The highest BCUT2D eigenvalue weighted by Gasteiger charge is 2.01. The predicted molar refractivity (Wildman–Crippen MR) is 66.9 cm³/mol. The van der Waals surface area contributed by atoms with E-state index in [1.165, 1.54) is 6.92 Å². The Balaban J connectivity index is 0. The van der Waals surface area contributed by atoms with Crippen molar-refractivity contribution >= 4 is 11.7 Å². The molecule has 0 aromatic heterocycles. The minimum atomic E-state index is -0.233. The van der Waals surface area contributed by atoms with Gasteiger partial charge >= 0.3 is 0 Å². The molecule has 102 valence electrons. The standard InChI is InChI=1S/C10H19NO4.C2H6/c1-8(2)15-5-4-11-10(13)7-14-6-9(3)12;1-2/h8H,4-7H2,1-3H3,(H,11,13);1-2H3. The van der Waals surface area contributed by atoms with Crippen molar-refractivity contribution in [2.75, 3.05) is 26.4 Å². The molecular weight excluding hydrogens is 222 g/mol. The van der Waals surface area contributed by atoms with Gasteiger partial charge < -0.3 is 14.8 Å². The van der Waals surface area contributed by atoms with E-state index in [1.54, 1.807) is 0 Å². The highest BCUT2D eigenvalue weighted by Crippen LogP contribution is 1.85. The first kappa shape index (κ1) is 18.4. The van der Waals surface area contributed by atoms with Crippen molar-refractivity contribution in [2.24, 2.45) is 0 Å². The summed E-state index contributed by atoms with van der Waals surface area (Å²) in [7, 11) is 0. The Kier molecular flexibility index (Phi) is 14.2. The third kappa shape index (κ3) is 17.7. The van der Waals surface area contributed by atoms with E-state index in [1.807, 2.05) is 27.7 Å². The van der Waals surface area contributed by atoms with Crippen molar-refractivity contribution < 1.29 is 19.1 Å². The maximum absolute atomic E-state index is 11.1. The van der Waals surface area contributed by atoms with Crippen LogP contribution in [0.2, 0.25) is 0 Å². The number of carbonyl (C=O) groups is 2. The normalized spacial score (nSPS) is 9.53. The molecule has 0 atom stereocenters. The summed E-state index contributed by atoms with van der Waals surface area (Å²) < 4.78 is 10.1. The van der Waals surface area contributed by atoms with Gasteiger partial charge in [-0.1, -0.05) is 13.8 Å². The van der Waals surface area contributed by atoms with Crippen molar-refractivity contribution in [1.29, 1.82) is 0 Å². The van der Waals surface area contributed by atoms with E-state index in [9.17, 15) is 9.59 Å². The van der Waals surface area contributed by atoms with E-state index in [-0.39, 0.29) is 31.0 Å². The zero-order chi connectivity index (χ0) is 13.7. The van der Waals surface area contributed by atoms with Gasteiger partial charge in [0.25, 0.3) is 0 Å². The van der Waals surface area contributed by atoms with E-state index in [0.29, 0.717) is 13.2 Å². The quantitative estimate of drug-likeness (QED) is 0.654. The molecule has 1 amide bonds. The summed E-state index contributed by atoms with van der Waals surface area (Å²) in [4.78, 5) is 21.6. The Bertz CT molecular complexity index is 205. The molecule has 0 saturated carbocycles. The van der Waals surface area contributed by atoms with Crippen molar-refractivity contribution in [1.82, 2.24) is 5.32 Å². The van der Waals surface area contributed by atoms with E-state index < -0.39 is 0 Å². The fraction of sp³-hybridized carbons (Fsp3) is 0.833. The third-order valence-corrected chi connectivity index (χ3v) is 1.41. The Hall–Kier alpha value is -0.940. The van der Waals surface area contributed by atoms with Crippen LogP contribution in [0.5, 0.6) is 0 Å². The largest absolute Gasteiger partial charge is 0.377 e. The smallest absolute Gasteiger partial charge is 0.246 e. The Morgan fingerprint density at radius 3 is 2.24 bits per heavy atom. The van der Waals surface area contributed by atoms with Gasteiger partial charge in [0, 0.05) is 6.54 Å². The van der Waals surface area contributed by atoms with Crippen LogP contribution in [-0.2, 0) is 19.1 Å². The summed E-state index contributed by atoms with van der Waals surface area (Å²) >= 11 is 0. The first-order chi connectivity index (χ1) is 8.02. The zero-order valence-electron chi connectivity index (χ0n) is 11.5. The number of rotatable bonds is 8. The highest BCUT2D eigenvalue weighted by molar-refractivity contribution is 5.79. The molecule has 0 saturated heterocycles. The molecule has 5 nitrogen and oxygen atoms in total. The molecule has 0 radical (unpaired) electrons. The second-order valence-electron chi connectivity index (χ2n) is 3.46. The molecule has 0 heterocycles.